The van der Waals surface area contributed by atoms with Gasteiger partial charge in [0, 0.05) is 17.3 Å². The van der Waals surface area contributed by atoms with Crippen LogP contribution in [0.15, 0.2) is 77.7 Å². The largest absolute Gasteiger partial charge is 0.516 e. The summed E-state index contributed by atoms with van der Waals surface area (Å²) in [5.41, 5.74) is 2.32. The molecule has 12 heteroatoms. The number of hydrogen-bond donors (Lipinski definition) is 3. The topological polar surface area (TPSA) is 157 Å². The lowest BCUT2D eigenvalue weighted by Gasteiger charge is -2.14. The van der Waals surface area contributed by atoms with Crippen molar-refractivity contribution in [1.29, 1.82) is 0 Å². The summed E-state index contributed by atoms with van der Waals surface area (Å²) in [6.07, 6.45) is -0.644. The number of anilines is 1. The van der Waals surface area contributed by atoms with E-state index in [-0.39, 0.29) is 32.8 Å². The van der Waals surface area contributed by atoms with Crippen LogP contribution >= 0.6 is 0 Å². The number of amides is 1. The third-order valence-corrected chi connectivity index (χ3v) is 7.84. The number of nitrogens with one attached hydrogen (secondary N) is 2. The number of esters is 1. The van der Waals surface area contributed by atoms with Gasteiger partial charge in [-0.3, -0.25) is 9.52 Å². The fourth-order valence-corrected chi connectivity index (χ4v) is 5.36. The molecular formula is C31H30N2O9S. The number of aromatic hydroxyl groups is 1. The lowest BCUT2D eigenvalue weighted by atomic mass is 10.0. The maximum atomic E-state index is 13.1. The van der Waals surface area contributed by atoms with E-state index in [0.717, 1.165) is 24.0 Å². The number of rotatable bonds is 10. The summed E-state index contributed by atoms with van der Waals surface area (Å²) < 4.78 is 43.1. The van der Waals surface area contributed by atoms with Crippen LogP contribution in [-0.2, 0) is 19.5 Å². The standard InChI is InChI=1S/C31H30N2O9S/c1-19-8-15-27(20(2)18-19)41-17-5-16-32-29(35)25-14-13-23-24(28(25)34)6-4-7-26(23)33-43(38,39)22-11-9-21(10-12-22)30(36)42-31(37)40-3/h4,6-15,18,33-34H,5,16-17H2,1-3H3,(H,32,35). The summed E-state index contributed by atoms with van der Waals surface area (Å²) in [4.78, 5) is 35.7. The lowest BCUT2D eigenvalue weighted by Crippen LogP contribution is -2.25. The Morgan fingerprint density at radius 1 is 0.907 bits per heavy atom. The summed E-state index contributed by atoms with van der Waals surface area (Å²) >= 11 is 0. The van der Waals surface area contributed by atoms with Gasteiger partial charge in [-0.1, -0.05) is 35.9 Å². The lowest BCUT2D eigenvalue weighted by molar-refractivity contribution is 0.0451. The second kappa shape index (κ2) is 13.3. The Bertz CT molecular complexity index is 1790. The highest BCUT2D eigenvalue weighted by molar-refractivity contribution is 7.92. The molecule has 0 aliphatic rings. The molecule has 4 aromatic rings. The molecule has 224 valence electrons. The van der Waals surface area contributed by atoms with Crippen molar-refractivity contribution in [2.75, 3.05) is 25.0 Å². The van der Waals surface area contributed by atoms with E-state index in [1.54, 1.807) is 6.07 Å². The maximum absolute atomic E-state index is 13.1. The van der Waals surface area contributed by atoms with Crippen molar-refractivity contribution < 1.29 is 42.1 Å². The molecule has 0 saturated heterocycles. The van der Waals surface area contributed by atoms with E-state index in [1.807, 2.05) is 32.0 Å². The molecule has 0 bridgehead atoms. The van der Waals surface area contributed by atoms with Crippen LogP contribution in [0.3, 0.4) is 0 Å². The number of sulfonamides is 1. The average Bonchev–Trinajstić information content (AvgIpc) is 2.98. The zero-order valence-corrected chi connectivity index (χ0v) is 24.5. The molecule has 0 aromatic heterocycles. The van der Waals surface area contributed by atoms with Crippen LogP contribution in [0, 0.1) is 13.8 Å². The predicted octanol–water partition coefficient (Wildman–Crippen LogP) is 5.09. The number of carbonyl (C=O) groups is 3. The van der Waals surface area contributed by atoms with Gasteiger partial charge in [-0.15, -0.1) is 0 Å². The molecule has 0 fully saturated rings. The summed E-state index contributed by atoms with van der Waals surface area (Å²) in [5, 5.41) is 14.3. The number of aryl methyl sites for hydroxylation is 2. The smallest absolute Gasteiger partial charge is 0.506 e. The molecule has 1 amide bonds. The van der Waals surface area contributed by atoms with E-state index in [2.05, 4.69) is 19.5 Å². The highest BCUT2D eigenvalue weighted by Crippen LogP contribution is 2.34. The number of phenols is 1. The van der Waals surface area contributed by atoms with Crippen molar-refractivity contribution in [2.45, 2.75) is 25.2 Å². The van der Waals surface area contributed by atoms with Gasteiger partial charge in [0.05, 0.1) is 35.4 Å². The van der Waals surface area contributed by atoms with Crippen molar-refractivity contribution in [2.24, 2.45) is 0 Å². The Kier molecular flexibility index (Phi) is 9.51. The molecule has 43 heavy (non-hydrogen) atoms. The zero-order chi connectivity index (χ0) is 31.1. The van der Waals surface area contributed by atoms with Crippen LogP contribution < -0.4 is 14.8 Å². The van der Waals surface area contributed by atoms with E-state index in [1.165, 1.54) is 48.5 Å². The van der Waals surface area contributed by atoms with Crippen LogP contribution in [0.4, 0.5) is 10.5 Å². The van der Waals surface area contributed by atoms with E-state index >= 15 is 0 Å². The molecule has 0 aliphatic heterocycles. The monoisotopic (exact) mass is 606 g/mol. The molecular weight excluding hydrogens is 576 g/mol. The van der Waals surface area contributed by atoms with Gasteiger partial charge in [0.2, 0.25) is 0 Å². The Balaban J connectivity index is 1.42. The highest BCUT2D eigenvalue weighted by Gasteiger charge is 2.20. The molecule has 0 atom stereocenters. The van der Waals surface area contributed by atoms with Gasteiger partial charge in [0.25, 0.3) is 15.9 Å². The minimum atomic E-state index is -4.12. The number of hydrogen-bond acceptors (Lipinski definition) is 9. The fraction of sp³-hybridized carbons (Fsp3) is 0.194. The van der Waals surface area contributed by atoms with Crippen LogP contribution in [0.1, 0.15) is 38.3 Å². The van der Waals surface area contributed by atoms with Gasteiger partial charge >= 0.3 is 12.1 Å². The van der Waals surface area contributed by atoms with Crippen molar-refractivity contribution in [3.8, 4) is 11.5 Å². The molecule has 0 saturated carbocycles. The molecule has 0 aliphatic carbocycles. The molecule has 0 spiro atoms. The van der Waals surface area contributed by atoms with Crippen LogP contribution in [-0.4, -0.2) is 51.8 Å². The summed E-state index contributed by atoms with van der Waals surface area (Å²) in [5.74, 6) is -0.995. The van der Waals surface area contributed by atoms with Crippen molar-refractivity contribution >= 4 is 44.5 Å². The number of carbonyl (C=O) groups excluding carboxylic acids is 3. The Morgan fingerprint density at radius 2 is 1.65 bits per heavy atom. The number of fused-ring (bicyclic) bond motifs is 1. The van der Waals surface area contributed by atoms with Gasteiger partial charge in [-0.2, -0.15) is 0 Å². The van der Waals surface area contributed by atoms with E-state index in [9.17, 15) is 27.9 Å². The van der Waals surface area contributed by atoms with Gasteiger partial charge in [0.15, 0.2) is 0 Å². The normalized spacial score (nSPS) is 11.0. The van der Waals surface area contributed by atoms with Gasteiger partial charge in [-0.05, 0) is 68.3 Å². The second-order valence-corrected chi connectivity index (χ2v) is 11.2. The molecule has 0 heterocycles. The molecule has 0 radical (unpaired) electrons. The first kappa shape index (κ1) is 30.8. The van der Waals surface area contributed by atoms with E-state index in [4.69, 9.17) is 4.74 Å². The summed E-state index contributed by atoms with van der Waals surface area (Å²) in [7, 11) is -3.08. The molecule has 3 N–H and O–H groups in total. The van der Waals surface area contributed by atoms with Crippen LogP contribution in [0.2, 0.25) is 0 Å². The average molecular weight is 607 g/mol. The first-order valence-electron chi connectivity index (χ1n) is 13.2. The minimum absolute atomic E-state index is 0.0391. The van der Waals surface area contributed by atoms with Gasteiger partial charge < -0.3 is 24.6 Å². The van der Waals surface area contributed by atoms with Gasteiger partial charge in [0.1, 0.15) is 11.5 Å². The molecule has 4 rings (SSSR count). The summed E-state index contributed by atoms with van der Waals surface area (Å²) in [6.45, 7) is 4.70. The summed E-state index contributed by atoms with van der Waals surface area (Å²) in [6, 6.07) is 18.2. The van der Waals surface area contributed by atoms with Crippen LogP contribution in [0.25, 0.3) is 10.8 Å². The maximum Gasteiger partial charge on any atom is 0.516 e. The van der Waals surface area contributed by atoms with Gasteiger partial charge in [-0.25, -0.2) is 18.0 Å². The van der Waals surface area contributed by atoms with E-state index in [0.29, 0.717) is 25.0 Å². The predicted molar refractivity (Wildman–Crippen MR) is 159 cm³/mol. The highest BCUT2D eigenvalue weighted by atomic mass is 32.2. The number of benzene rings is 4. The SMILES string of the molecule is COC(=O)OC(=O)c1ccc(S(=O)(=O)Nc2cccc3c(O)c(C(=O)NCCCOc4ccc(C)cc4C)ccc23)cc1. The quantitative estimate of drug-likeness (QED) is 0.127. The van der Waals surface area contributed by atoms with E-state index < -0.39 is 28.1 Å². The molecule has 4 aromatic carbocycles. The van der Waals surface area contributed by atoms with Crippen molar-refractivity contribution in [3.63, 3.8) is 0 Å². The zero-order valence-electron chi connectivity index (χ0n) is 23.7. The first-order valence-corrected chi connectivity index (χ1v) is 14.6. The Morgan fingerprint density at radius 3 is 2.35 bits per heavy atom. The number of methoxy groups -OCH3 is 1. The Labute approximate surface area is 248 Å². The van der Waals surface area contributed by atoms with Crippen LogP contribution in [0.5, 0.6) is 11.5 Å². The third kappa shape index (κ3) is 7.41. The Hall–Kier alpha value is -5.10. The molecule has 11 nitrogen and oxygen atoms in total. The first-order chi connectivity index (χ1) is 20.5. The minimum Gasteiger partial charge on any atom is -0.506 e. The van der Waals surface area contributed by atoms with Crippen molar-refractivity contribution in [1.82, 2.24) is 5.32 Å². The number of ether oxygens (including phenoxy) is 3. The molecule has 0 unspecified atom stereocenters. The third-order valence-electron chi connectivity index (χ3n) is 6.46. The number of phenolic OH excluding ortho intramolecular Hbond substituents is 1. The second-order valence-electron chi connectivity index (χ2n) is 9.56. The van der Waals surface area contributed by atoms with Crippen molar-refractivity contribution in [3.05, 3.63) is 95.1 Å². The fourth-order valence-electron chi connectivity index (χ4n) is 4.28.